The topological polar surface area (TPSA) is 25.9 Å². The van der Waals surface area contributed by atoms with Crippen molar-refractivity contribution in [3.05, 3.63) is 30.9 Å². The quantitative estimate of drug-likeness (QED) is 0.217. The van der Waals surface area contributed by atoms with Crippen LogP contribution in [0.25, 0.3) is 0 Å². The third-order valence-electron chi connectivity index (χ3n) is 4.71. The summed E-state index contributed by atoms with van der Waals surface area (Å²) in [5.41, 5.74) is 0. The summed E-state index contributed by atoms with van der Waals surface area (Å²) in [5, 5.41) is 0. The number of carbonyl (C=O) groups is 1. The Morgan fingerprint density at radius 2 is 1.44 bits per heavy atom. The Morgan fingerprint density at radius 3 is 2.00 bits per heavy atom. The number of carbonyl (C=O) groups excluding carboxylic acids is 1. The molecular formula is C22H39N2O+. The molecule has 3 nitrogen and oxygen atoms in total. The van der Waals surface area contributed by atoms with Gasteiger partial charge < -0.3 is 0 Å². The van der Waals surface area contributed by atoms with Crippen molar-refractivity contribution < 1.29 is 9.36 Å². The fraction of sp³-hybridized carbons (Fsp3) is 0.727. The zero-order valence-corrected chi connectivity index (χ0v) is 16.6. The Kier molecular flexibility index (Phi) is 12.9. The van der Waals surface area contributed by atoms with Gasteiger partial charge in [0.1, 0.15) is 12.4 Å². The van der Waals surface area contributed by atoms with Gasteiger partial charge in [0.2, 0.25) is 0 Å². The Balaban J connectivity index is 1.84. The highest BCUT2D eigenvalue weighted by Gasteiger charge is 2.10. The molecular weight excluding hydrogens is 308 g/mol. The molecule has 0 aliphatic carbocycles. The van der Waals surface area contributed by atoms with Gasteiger partial charge in [0.15, 0.2) is 0 Å². The second-order valence-electron chi connectivity index (χ2n) is 7.21. The van der Waals surface area contributed by atoms with Crippen molar-refractivity contribution >= 4 is 5.91 Å². The molecule has 1 heterocycles. The lowest BCUT2D eigenvalue weighted by Gasteiger charge is -1.99. The predicted molar refractivity (Wildman–Crippen MR) is 106 cm³/mol. The highest BCUT2D eigenvalue weighted by Crippen LogP contribution is 2.10. The molecule has 142 valence electrons. The maximum absolute atomic E-state index is 11.9. The van der Waals surface area contributed by atoms with Gasteiger partial charge in [0.05, 0.1) is 13.5 Å². The van der Waals surface area contributed by atoms with Crippen LogP contribution >= 0.6 is 0 Å². The maximum Gasteiger partial charge on any atom is 0.313 e. The SMILES string of the molecule is CCCCCCCC/C=C\CCCCCCCC(=O)n1cc[n+](C)c1. The monoisotopic (exact) mass is 347 g/mol. The van der Waals surface area contributed by atoms with Gasteiger partial charge in [-0.15, -0.1) is 0 Å². The minimum atomic E-state index is 0.207. The van der Waals surface area contributed by atoms with Crippen molar-refractivity contribution in [2.45, 2.75) is 96.8 Å². The molecule has 0 bridgehead atoms. The standard InChI is InChI=1S/C22H39N2O/c1-3-4-5-6-7-8-9-10-11-12-13-14-15-16-17-18-22(25)24-20-19-23(2)21-24/h10-11,19-21H,3-9,12-18H2,1-2H3/q+1/b11-10-. The van der Waals surface area contributed by atoms with E-state index in [1.165, 1.54) is 77.0 Å². The lowest BCUT2D eigenvalue weighted by atomic mass is 10.1. The van der Waals surface area contributed by atoms with Crippen LogP contribution in [0, 0.1) is 0 Å². The van der Waals surface area contributed by atoms with E-state index < -0.39 is 0 Å². The highest BCUT2D eigenvalue weighted by atomic mass is 16.2. The van der Waals surface area contributed by atoms with Crippen molar-refractivity contribution in [3.8, 4) is 0 Å². The Labute approximate surface area is 155 Å². The molecule has 0 fully saturated rings. The van der Waals surface area contributed by atoms with E-state index in [1.54, 1.807) is 4.57 Å². The average molecular weight is 348 g/mol. The first-order valence-corrected chi connectivity index (χ1v) is 10.5. The van der Waals surface area contributed by atoms with E-state index in [2.05, 4.69) is 19.1 Å². The van der Waals surface area contributed by atoms with Gasteiger partial charge in [-0.05, 0) is 32.1 Å². The minimum absolute atomic E-state index is 0.207. The highest BCUT2D eigenvalue weighted by molar-refractivity contribution is 5.78. The summed E-state index contributed by atoms with van der Waals surface area (Å²) in [4.78, 5) is 11.9. The average Bonchev–Trinajstić information content (AvgIpc) is 3.04. The maximum atomic E-state index is 11.9. The first-order valence-electron chi connectivity index (χ1n) is 10.5. The summed E-state index contributed by atoms with van der Waals surface area (Å²) in [6.45, 7) is 2.27. The summed E-state index contributed by atoms with van der Waals surface area (Å²) in [5.74, 6) is 0.207. The first-order chi connectivity index (χ1) is 12.2. The Hall–Kier alpha value is -1.38. The van der Waals surface area contributed by atoms with Crippen LogP contribution in [0.3, 0.4) is 0 Å². The van der Waals surface area contributed by atoms with E-state index in [9.17, 15) is 4.79 Å². The fourth-order valence-electron chi connectivity index (χ4n) is 3.07. The van der Waals surface area contributed by atoms with E-state index in [4.69, 9.17) is 0 Å². The largest absolute Gasteiger partial charge is 0.313 e. The Morgan fingerprint density at radius 1 is 0.880 bits per heavy atom. The molecule has 0 aliphatic rings. The van der Waals surface area contributed by atoms with Gasteiger partial charge in [-0.25, -0.2) is 9.36 Å². The molecule has 1 aromatic heterocycles. The number of hydrogen-bond acceptors (Lipinski definition) is 1. The van der Waals surface area contributed by atoms with E-state index in [1.807, 2.05) is 30.3 Å². The number of rotatable bonds is 15. The number of aromatic nitrogens is 2. The molecule has 1 rings (SSSR count). The fourth-order valence-corrected chi connectivity index (χ4v) is 3.07. The van der Waals surface area contributed by atoms with Gasteiger partial charge in [0, 0.05) is 0 Å². The molecule has 0 aliphatic heterocycles. The summed E-state index contributed by atoms with van der Waals surface area (Å²) in [7, 11) is 1.94. The smallest absolute Gasteiger partial charge is 0.246 e. The van der Waals surface area contributed by atoms with E-state index in [0.717, 1.165) is 6.42 Å². The summed E-state index contributed by atoms with van der Waals surface area (Å²) in [6, 6.07) is 0. The minimum Gasteiger partial charge on any atom is -0.246 e. The van der Waals surface area contributed by atoms with Crippen molar-refractivity contribution in [2.75, 3.05) is 0 Å². The van der Waals surface area contributed by atoms with Crippen molar-refractivity contribution in [2.24, 2.45) is 7.05 Å². The van der Waals surface area contributed by atoms with Crippen molar-refractivity contribution in [1.29, 1.82) is 0 Å². The van der Waals surface area contributed by atoms with Gasteiger partial charge in [-0.2, -0.15) is 4.57 Å². The zero-order chi connectivity index (χ0) is 18.2. The van der Waals surface area contributed by atoms with Gasteiger partial charge in [-0.1, -0.05) is 70.4 Å². The van der Waals surface area contributed by atoms with E-state index >= 15 is 0 Å². The van der Waals surface area contributed by atoms with E-state index in [-0.39, 0.29) is 5.91 Å². The zero-order valence-electron chi connectivity index (χ0n) is 16.6. The molecule has 1 aromatic rings. The van der Waals surface area contributed by atoms with Crippen LogP contribution in [0.2, 0.25) is 0 Å². The lowest BCUT2D eigenvalue weighted by molar-refractivity contribution is -0.670. The second-order valence-corrected chi connectivity index (χ2v) is 7.21. The molecule has 0 aromatic carbocycles. The summed E-state index contributed by atoms with van der Waals surface area (Å²) in [6.07, 6.45) is 27.7. The molecule has 3 heteroatoms. The molecule has 0 radical (unpaired) electrons. The van der Waals surface area contributed by atoms with Crippen LogP contribution in [0.4, 0.5) is 0 Å². The molecule has 25 heavy (non-hydrogen) atoms. The molecule has 0 atom stereocenters. The molecule has 0 unspecified atom stereocenters. The molecule has 0 amide bonds. The van der Waals surface area contributed by atoms with Crippen molar-refractivity contribution in [3.63, 3.8) is 0 Å². The molecule has 0 saturated carbocycles. The van der Waals surface area contributed by atoms with Gasteiger partial charge in [0.25, 0.3) is 6.33 Å². The molecule has 0 spiro atoms. The summed E-state index contributed by atoms with van der Waals surface area (Å²) >= 11 is 0. The van der Waals surface area contributed by atoms with Crippen LogP contribution in [-0.2, 0) is 7.05 Å². The third kappa shape index (κ3) is 11.7. The predicted octanol–water partition coefficient (Wildman–Crippen LogP) is 5.99. The summed E-state index contributed by atoms with van der Waals surface area (Å²) < 4.78 is 3.59. The van der Waals surface area contributed by atoms with Crippen LogP contribution in [-0.4, -0.2) is 10.5 Å². The second kappa shape index (κ2) is 14.9. The first kappa shape index (κ1) is 21.7. The number of imidazole rings is 1. The van der Waals surface area contributed by atoms with Gasteiger partial charge in [-0.3, -0.25) is 0 Å². The number of hydrogen-bond donors (Lipinski definition) is 0. The number of unbranched alkanes of at least 4 members (excludes halogenated alkanes) is 11. The third-order valence-corrected chi connectivity index (χ3v) is 4.71. The molecule has 0 N–H and O–H groups in total. The normalized spacial score (nSPS) is 11.4. The lowest BCUT2D eigenvalue weighted by Crippen LogP contribution is -2.24. The van der Waals surface area contributed by atoms with Crippen molar-refractivity contribution in [1.82, 2.24) is 4.57 Å². The van der Waals surface area contributed by atoms with Crippen LogP contribution in [0.5, 0.6) is 0 Å². The Bertz CT molecular complexity index is 476. The van der Waals surface area contributed by atoms with Crippen LogP contribution < -0.4 is 4.57 Å². The molecule has 0 saturated heterocycles. The van der Waals surface area contributed by atoms with Crippen LogP contribution in [0.15, 0.2) is 30.9 Å². The number of allylic oxidation sites excluding steroid dienone is 2. The number of aryl methyl sites for hydroxylation is 1. The number of nitrogens with zero attached hydrogens (tertiary/aromatic N) is 2. The van der Waals surface area contributed by atoms with Crippen LogP contribution in [0.1, 0.15) is 102 Å². The van der Waals surface area contributed by atoms with Gasteiger partial charge >= 0.3 is 5.91 Å². The van der Waals surface area contributed by atoms with E-state index in [0.29, 0.717) is 6.42 Å².